The van der Waals surface area contributed by atoms with Crippen LogP contribution >= 0.6 is 0 Å². The summed E-state index contributed by atoms with van der Waals surface area (Å²) >= 11 is 0. The van der Waals surface area contributed by atoms with E-state index >= 15 is 0 Å². The number of aryl methyl sites for hydroxylation is 1. The molecule has 0 saturated carbocycles. The zero-order valence-corrected chi connectivity index (χ0v) is 9.27. The van der Waals surface area contributed by atoms with E-state index in [2.05, 4.69) is 19.9 Å². The minimum atomic E-state index is -1.03. The molecule has 2 aromatic heterocycles. The number of carboxylic acid groups (broad SMARTS) is 1. The number of hydrogen-bond donors (Lipinski definition) is 4. The van der Waals surface area contributed by atoms with E-state index < -0.39 is 12.0 Å². The van der Waals surface area contributed by atoms with Gasteiger partial charge in [-0.3, -0.25) is 4.79 Å². The predicted molar refractivity (Wildman–Crippen MR) is 60.2 cm³/mol. The molecule has 5 N–H and O–H groups in total. The second kappa shape index (κ2) is 4.38. The molecule has 0 aliphatic rings. The molecule has 2 rings (SSSR count). The molecule has 7 nitrogen and oxygen atoms in total. The quantitative estimate of drug-likeness (QED) is 0.597. The van der Waals surface area contributed by atoms with Crippen molar-refractivity contribution in [3.05, 3.63) is 23.9 Å². The number of nitrogens with one attached hydrogen (secondary N) is 2. The summed E-state index contributed by atoms with van der Waals surface area (Å²) in [6.07, 6.45) is 3.46. The van der Waals surface area contributed by atoms with E-state index in [1.165, 1.54) is 0 Å². The fourth-order valence-corrected chi connectivity index (χ4v) is 1.47. The molecule has 0 fully saturated rings. The predicted octanol–water partition coefficient (Wildman–Crippen LogP) is 0.0626. The Morgan fingerprint density at radius 2 is 2.24 bits per heavy atom. The standard InChI is InChI=1S/C10H13N5O2/c1-5-12-4-8(14-5)9-13-3-6(15-9)2-7(11)10(16)17/h3-4,7H,2,11H2,1H3,(H,12,14)(H,13,15)(H,16,17). The van der Waals surface area contributed by atoms with E-state index in [-0.39, 0.29) is 6.42 Å². The van der Waals surface area contributed by atoms with Crippen LogP contribution in [0.2, 0.25) is 0 Å². The zero-order valence-electron chi connectivity index (χ0n) is 9.27. The van der Waals surface area contributed by atoms with E-state index in [1.54, 1.807) is 12.4 Å². The third-order valence-electron chi connectivity index (χ3n) is 2.34. The van der Waals surface area contributed by atoms with E-state index in [1.807, 2.05) is 6.92 Å². The van der Waals surface area contributed by atoms with Crippen LogP contribution in [-0.4, -0.2) is 37.1 Å². The summed E-state index contributed by atoms with van der Waals surface area (Å²) in [5, 5.41) is 8.70. The number of imidazole rings is 2. The molecule has 0 aromatic carbocycles. The maximum absolute atomic E-state index is 10.6. The number of carbonyl (C=O) groups is 1. The summed E-state index contributed by atoms with van der Waals surface area (Å²) < 4.78 is 0. The number of H-pyrrole nitrogens is 2. The van der Waals surface area contributed by atoms with Crippen molar-refractivity contribution in [3.63, 3.8) is 0 Å². The summed E-state index contributed by atoms with van der Waals surface area (Å²) in [6.45, 7) is 1.84. The Morgan fingerprint density at radius 3 is 2.82 bits per heavy atom. The number of aliphatic carboxylic acids is 1. The van der Waals surface area contributed by atoms with Crippen LogP contribution in [0.15, 0.2) is 12.4 Å². The van der Waals surface area contributed by atoms with Crippen LogP contribution in [0.25, 0.3) is 11.5 Å². The molecule has 0 aliphatic heterocycles. The Labute approximate surface area is 97.1 Å². The number of aromatic nitrogens is 4. The molecule has 0 amide bonds. The average molecular weight is 235 g/mol. The molecule has 0 bridgehead atoms. The molecule has 0 saturated heterocycles. The molecule has 0 spiro atoms. The van der Waals surface area contributed by atoms with Crippen molar-refractivity contribution in [2.75, 3.05) is 0 Å². The van der Waals surface area contributed by atoms with E-state index in [0.717, 1.165) is 11.5 Å². The van der Waals surface area contributed by atoms with Gasteiger partial charge in [-0.15, -0.1) is 0 Å². The Hall–Kier alpha value is -2.15. The van der Waals surface area contributed by atoms with E-state index in [0.29, 0.717) is 11.5 Å². The largest absolute Gasteiger partial charge is 0.480 e. The van der Waals surface area contributed by atoms with Crippen molar-refractivity contribution >= 4 is 5.97 Å². The molecular formula is C10H13N5O2. The highest BCUT2D eigenvalue weighted by molar-refractivity contribution is 5.73. The van der Waals surface area contributed by atoms with Crippen LogP contribution in [0.5, 0.6) is 0 Å². The maximum Gasteiger partial charge on any atom is 0.320 e. The van der Waals surface area contributed by atoms with Crippen LogP contribution in [0.4, 0.5) is 0 Å². The minimum Gasteiger partial charge on any atom is -0.480 e. The molecule has 0 aliphatic carbocycles. The van der Waals surface area contributed by atoms with E-state index in [9.17, 15) is 4.79 Å². The summed E-state index contributed by atoms with van der Waals surface area (Å²) in [5.41, 5.74) is 6.88. The minimum absolute atomic E-state index is 0.218. The topological polar surface area (TPSA) is 121 Å². The highest BCUT2D eigenvalue weighted by Crippen LogP contribution is 2.13. The van der Waals surface area contributed by atoms with Gasteiger partial charge in [0.15, 0.2) is 5.82 Å². The van der Waals surface area contributed by atoms with Crippen molar-refractivity contribution in [1.29, 1.82) is 0 Å². The Morgan fingerprint density at radius 1 is 1.47 bits per heavy atom. The smallest absolute Gasteiger partial charge is 0.320 e. The van der Waals surface area contributed by atoms with Gasteiger partial charge in [0.1, 0.15) is 17.6 Å². The maximum atomic E-state index is 10.6. The second-order valence-corrected chi connectivity index (χ2v) is 3.79. The summed E-state index contributed by atoms with van der Waals surface area (Å²) in [4.78, 5) is 24.8. The van der Waals surface area contributed by atoms with Gasteiger partial charge in [-0.1, -0.05) is 0 Å². The number of carboxylic acids is 1. The van der Waals surface area contributed by atoms with Crippen LogP contribution in [0.3, 0.4) is 0 Å². The zero-order chi connectivity index (χ0) is 12.4. The van der Waals surface area contributed by atoms with Gasteiger partial charge in [0, 0.05) is 18.3 Å². The van der Waals surface area contributed by atoms with Crippen LogP contribution < -0.4 is 5.73 Å². The first-order valence-electron chi connectivity index (χ1n) is 5.10. The third kappa shape index (κ3) is 2.51. The Balaban J connectivity index is 2.13. The normalized spacial score (nSPS) is 12.6. The molecule has 17 heavy (non-hydrogen) atoms. The van der Waals surface area contributed by atoms with Gasteiger partial charge in [0.2, 0.25) is 0 Å². The van der Waals surface area contributed by atoms with Crippen molar-refractivity contribution in [2.45, 2.75) is 19.4 Å². The lowest BCUT2D eigenvalue weighted by molar-refractivity contribution is -0.138. The first-order valence-corrected chi connectivity index (χ1v) is 5.10. The lowest BCUT2D eigenvalue weighted by Gasteiger charge is -2.02. The van der Waals surface area contributed by atoms with Crippen molar-refractivity contribution in [2.24, 2.45) is 5.73 Å². The van der Waals surface area contributed by atoms with Gasteiger partial charge in [0.25, 0.3) is 0 Å². The molecule has 2 aromatic rings. The Bertz CT molecular complexity index is 530. The van der Waals surface area contributed by atoms with Crippen LogP contribution in [0.1, 0.15) is 11.5 Å². The van der Waals surface area contributed by atoms with Gasteiger partial charge in [-0.25, -0.2) is 9.97 Å². The average Bonchev–Trinajstić information content (AvgIpc) is 2.86. The molecule has 7 heteroatoms. The molecule has 2 heterocycles. The van der Waals surface area contributed by atoms with Gasteiger partial charge < -0.3 is 20.8 Å². The number of hydrogen-bond acceptors (Lipinski definition) is 4. The number of nitrogens with zero attached hydrogens (tertiary/aromatic N) is 2. The Kier molecular flexibility index (Phi) is 2.92. The molecule has 1 unspecified atom stereocenters. The second-order valence-electron chi connectivity index (χ2n) is 3.79. The third-order valence-corrected chi connectivity index (χ3v) is 2.34. The van der Waals surface area contributed by atoms with Crippen LogP contribution in [-0.2, 0) is 11.2 Å². The lowest BCUT2D eigenvalue weighted by atomic mass is 10.2. The fraction of sp³-hybridized carbons (Fsp3) is 0.300. The first kappa shape index (κ1) is 11.3. The van der Waals surface area contributed by atoms with Gasteiger partial charge in [-0.2, -0.15) is 0 Å². The molecule has 1 atom stereocenters. The number of aromatic amines is 2. The van der Waals surface area contributed by atoms with Crippen molar-refractivity contribution < 1.29 is 9.90 Å². The molecule has 0 radical (unpaired) electrons. The highest BCUT2D eigenvalue weighted by Gasteiger charge is 2.14. The lowest BCUT2D eigenvalue weighted by Crippen LogP contribution is -2.32. The first-order chi connectivity index (χ1) is 8.06. The number of nitrogens with two attached hydrogens (primary N) is 1. The monoisotopic (exact) mass is 235 g/mol. The summed E-state index contributed by atoms with van der Waals surface area (Å²) in [5.74, 6) is 0.386. The fourth-order valence-electron chi connectivity index (χ4n) is 1.47. The molecule has 90 valence electrons. The van der Waals surface area contributed by atoms with Gasteiger partial charge in [-0.05, 0) is 6.92 Å². The molecular weight excluding hydrogens is 222 g/mol. The van der Waals surface area contributed by atoms with E-state index in [4.69, 9.17) is 10.8 Å². The summed E-state index contributed by atoms with van der Waals surface area (Å²) in [6, 6.07) is -0.924. The summed E-state index contributed by atoms with van der Waals surface area (Å²) in [7, 11) is 0. The van der Waals surface area contributed by atoms with Crippen molar-refractivity contribution in [3.8, 4) is 11.5 Å². The van der Waals surface area contributed by atoms with Crippen LogP contribution in [0, 0.1) is 6.92 Å². The number of rotatable bonds is 4. The van der Waals surface area contributed by atoms with Crippen molar-refractivity contribution in [1.82, 2.24) is 19.9 Å². The SMILES string of the molecule is Cc1ncc(-c2ncc(CC(N)C(=O)O)[nH]2)[nH]1. The highest BCUT2D eigenvalue weighted by atomic mass is 16.4. The van der Waals surface area contributed by atoms with Gasteiger partial charge in [0.05, 0.1) is 6.20 Å². The van der Waals surface area contributed by atoms with Gasteiger partial charge >= 0.3 is 5.97 Å².